The highest BCUT2D eigenvalue weighted by atomic mass is 16.1. The number of aromatic nitrogens is 2. The van der Waals surface area contributed by atoms with Crippen LogP contribution >= 0.6 is 0 Å². The Bertz CT molecular complexity index is 887. The van der Waals surface area contributed by atoms with Gasteiger partial charge in [-0.1, -0.05) is 36.4 Å². The highest BCUT2D eigenvalue weighted by Gasteiger charge is 2.26. The van der Waals surface area contributed by atoms with Crippen molar-refractivity contribution >= 4 is 17.2 Å². The molecule has 4 rings (SSSR count). The minimum atomic E-state index is 0.0752. The van der Waals surface area contributed by atoms with Crippen LogP contribution in [0.1, 0.15) is 22.5 Å². The van der Waals surface area contributed by atoms with Crippen molar-refractivity contribution in [3.8, 4) is 0 Å². The van der Waals surface area contributed by atoms with Crippen molar-refractivity contribution in [1.29, 1.82) is 0 Å². The van der Waals surface area contributed by atoms with E-state index in [0.717, 1.165) is 41.0 Å². The number of benzene rings is 2. The van der Waals surface area contributed by atoms with Crippen LogP contribution in [-0.2, 0) is 13.5 Å². The first-order chi connectivity index (χ1) is 12.2. The molecule has 0 radical (unpaired) electrons. The van der Waals surface area contributed by atoms with Crippen molar-refractivity contribution in [2.75, 3.05) is 4.90 Å². The second kappa shape index (κ2) is 6.40. The van der Waals surface area contributed by atoms with Crippen LogP contribution in [0.25, 0.3) is 0 Å². The molecule has 0 N–H and O–H groups in total. The Morgan fingerprint density at radius 1 is 0.960 bits per heavy atom. The van der Waals surface area contributed by atoms with Crippen molar-refractivity contribution in [3.05, 3.63) is 89.9 Å². The molecular weight excluding hydrogens is 310 g/mol. The van der Waals surface area contributed by atoms with Gasteiger partial charge in [0.05, 0.1) is 11.8 Å². The maximum Gasteiger partial charge on any atom is 0.193 e. The number of para-hydroxylation sites is 2. The molecule has 0 saturated carbocycles. The van der Waals surface area contributed by atoms with Gasteiger partial charge in [-0.3, -0.25) is 9.48 Å². The maximum atomic E-state index is 12.9. The molecule has 0 spiro atoms. The Hall–Kier alpha value is -3.14. The molecule has 2 aromatic carbocycles. The van der Waals surface area contributed by atoms with Gasteiger partial charge >= 0.3 is 0 Å². The number of aryl methyl sites for hydroxylation is 1. The fourth-order valence-electron chi connectivity index (χ4n) is 3.24. The van der Waals surface area contributed by atoms with Gasteiger partial charge in [0.1, 0.15) is 0 Å². The van der Waals surface area contributed by atoms with Gasteiger partial charge in [0.25, 0.3) is 0 Å². The highest BCUT2D eigenvalue weighted by molar-refractivity contribution is 6.10. The lowest BCUT2D eigenvalue weighted by atomic mass is 9.92. The predicted octanol–water partition coefficient (Wildman–Crippen LogP) is 4.27. The first kappa shape index (κ1) is 15.4. The highest BCUT2D eigenvalue weighted by Crippen LogP contribution is 2.30. The number of carbonyl (C=O) groups excluding carboxylic acids is 1. The Kier molecular flexibility index (Phi) is 3.94. The van der Waals surface area contributed by atoms with E-state index in [2.05, 4.69) is 10.00 Å². The number of Topliss-reactive ketones (excluding diaryl/α,β-unsaturated/α-hetero) is 1. The summed E-state index contributed by atoms with van der Waals surface area (Å²) in [6.45, 7) is 0. The van der Waals surface area contributed by atoms with Crippen molar-refractivity contribution in [3.63, 3.8) is 0 Å². The summed E-state index contributed by atoms with van der Waals surface area (Å²) in [7, 11) is 1.89. The van der Waals surface area contributed by atoms with E-state index < -0.39 is 0 Å². The van der Waals surface area contributed by atoms with Crippen molar-refractivity contribution in [1.82, 2.24) is 9.78 Å². The SMILES string of the molecule is Cn1ncc2c1CC/C(=C\N(c1ccccc1)c1ccccc1)C2=O. The standard InChI is InChI=1S/C21H19N3O/c1-23-20-13-12-16(21(25)19(20)14-22-23)15-24(17-8-4-2-5-9-17)18-10-6-3-7-11-18/h2-11,14-15H,12-13H2,1H3/b16-15+. The molecule has 0 fully saturated rings. The lowest BCUT2D eigenvalue weighted by Gasteiger charge is -2.24. The number of nitrogens with zero attached hydrogens (tertiary/aromatic N) is 3. The lowest BCUT2D eigenvalue weighted by molar-refractivity contribution is 0.102. The van der Waals surface area contributed by atoms with E-state index in [-0.39, 0.29) is 5.78 Å². The molecule has 25 heavy (non-hydrogen) atoms. The number of anilines is 2. The molecular formula is C21H19N3O. The summed E-state index contributed by atoms with van der Waals surface area (Å²) in [5.74, 6) is 0.0752. The van der Waals surface area contributed by atoms with Gasteiger partial charge in [-0.05, 0) is 37.1 Å². The molecule has 4 nitrogen and oxygen atoms in total. The third-order valence-electron chi connectivity index (χ3n) is 4.58. The van der Waals surface area contributed by atoms with Crippen LogP contribution in [0, 0.1) is 0 Å². The number of rotatable bonds is 3. The number of hydrogen-bond acceptors (Lipinski definition) is 3. The monoisotopic (exact) mass is 329 g/mol. The summed E-state index contributed by atoms with van der Waals surface area (Å²) < 4.78 is 1.80. The topological polar surface area (TPSA) is 38.1 Å². The van der Waals surface area contributed by atoms with E-state index in [1.165, 1.54) is 0 Å². The molecule has 1 aromatic heterocycles. The Morgan fingerprint density at radius 2 is 1.56 bits per heavy atom. The largest absolute Gasteiger partial charge is 0.317 e. The number of hydrogen-bond donors (Lipinski definition) is 0. The summed E-state index contributed by atoms with van der Waals surface area (Å²) in [5, 5.41) is 4.23. The number of fused-ring (bicyclic) bond motifs is 1. The van der Waals surface area contributed by atoms with Crippen LogP contribution in [-0.4, -0.2) is 15.6 Å². The van der Waals surface area contributed by atoms with Crippen molar-refractivity contribution in [2.45, 2.75) is 12.8 Å². The number of ketones is 1. The van der Waals surface area contributed by atoms with E-state index in [1.807, 2.05) is 73.9 Å². The first-order valence-corrected chi connectivity index (χ1v) is 8.39. The van der Waals surface area contributed by atoms with Gasteiger partial charge in [-0.15, -0.1) is 0 Å². The zero-order valence-electron chi connectivity index (χ0n) is 14.1. The van der Waals surface area contributed by atoms with Gasteiger partial charge < -0.3 is 4.90 Å². The molecule has 0 atom stereocenters. The summed E-state index contributed by atoms with van der Waals surface area (Å²) in [6.07, 6.45) is 5.21. The molecule has 4 heteroatoms. The lowest BCUT2D eigenvalue weighted by Crippen LogP contribution is -2.18. The van der Waals surface area contributed by atoms with E-state index >= 15 is 0 Å². The van der Waals surface area contributed by atoms with Crippen LogP contribution in [0.15, 0.2) is 78.6 Å². The summed E-state index contributed by atoms with van der Waals surface area (Å²) >= 11 is 0. The molecule has 0 aliphatic heterocycles. The second-order valence-corrected chi connectivity index (χ2v) is 6.15. The number of carbonyl (C=O) groups is 1. The van der Waals surface area contributed by atoms with Gasteiger partial charge in [0, 0.05) is 35.9 Å². The van der Waals surface area contributed by atoms with Crippen molar-refractivity contribution in [2.24, 2.45) is 7.05 Å². The van der Waals surface area contributed by atoms with Gasteiger partial charge in [-0.2, -0.15) is 5.10 Å². The smallest absolute Gasteiger partial charge is 0.193 e. The fraction of sp³-hybridized carbons (Fsp3) is 0.143. The van der Waals surface area contributed by atoms with Crippen LogP contribution in [0.3, 0.4) is 0 Å². The summed E-state index contributed by atoms with van der Waals surface area (Å²) in [5.41, 5.74) is 4.62. The average molecular weight is 329 g/mol. The quantitative estimate of drug-likeness (QED) is 0.674. The number of allylic oxidation sites excluding steroid dienone is 1. The van der Waals surface area contributed by atoms with E-state index in [0.29, 0.717) is 0 Å². The fourth-order valence-corrected chi connectivity index (χ4v) is 3.24. The van der Waals surface area contributed by atoms with Crippen LogP contribution in [0.5, 0.6) is 0 Å². The van der Waals surface area contributed by atoms with Crippen LogP contribution in [0.2, 0.25) is 0 Å². The minimum Gasteiger partial charge on any atom is -0.317 e. The molecule has 0 saturated heterocycles. The predicted molar refractivity (Wildman–Crippen MR) is 99.0 cm³/mol. The molecule has 1 aliphatic carbocycles. The van der Waals surface area contributed by atoms with E-state index in [9.17, 15) is 4.79 Å². The van der Waals surface area contributed by atoms with Crippen LogP contribution in [0.4, 0.5) is 11.4 Å². The van der Waals surface area contributed by atoms with Crippen LogP contribution < -0.4 is 4.90 Å². The molecule has 0 bridgehead atoms. The van der Waals surface area contributed by atoms with Gasteiger partial charge in [0.15, 0.2) is 5.78 Å². The Labute approximate surface area is 147 Å². The Morgan fingerprint density at radius 3 is 2.16 bits per heavy atom. The summed E-state index contributed by atoms with van der Waals surface area (Å²) in [6, 6.07) is 20.2. The summed E-state index contributed by atoms with van der Waals surface area (Å²) in [4.78, 5) is 15.0. The molecule has 1 aliphatic rings. The Balaban J connectivity index is 1.77. The maximum absolute atomic E-state index is 12.9. The first-order valence-electron chi connectivity index (χ1n) is 8.39. The van der Waals surface area contributed by atoms with E-state index in [4.69, 9.17) is 0 Å². The van der Waals surface area contributed by atoms with E-state index in [1.54, 1.807) is 10.9 Å². The zero-order valence-corrected chi connectivity index (χ0v) is 14.1. The molecule has 124 valence electrons. The molecule has 3 aromatic rings. The van der Waals surface area contributed by atoms with Gasteiger partial charge in [-0.25, -0.2) is 0 Å². The zero-order chi connectivity index (χ0) is 17.2. The normalized spacial score (nSPS) is 15.2. The van der Waals surface area contributed by atoms with Gasteiger partial charge in [0.2, 0.25) is 0 Å². The molecule has 0 unspecified atom stereocenters. The van der Waals surface area contributed by atoms with Crippen molar-refractivity contribution < 1.29 is 4.79 Å². The molecule has 1 heterocycles. The second-order valence-electron chi connectivity index (χ2n) is 6.15. The third kappa shape index (κ3) is 2.87. The minimum absolute atomic E-state index is 0.0752. The molecule has 0 amide bonds. The third-order valence-corrected chi connectivity index (χ3v) is 4.58. The average Bonchev–Trinajstić information content (AvgIpc) is 3.04.